The van der Waals surface area contributed by atoms with Crippen LogP contribution in [0.25, 0.3) is 11.3 Å². The number of ether oxygens (including phenoxy) is 1. The molecule has 0 radical (unpaired) electrons. The van der Waals surface area contributed by atoms with Gasteiger partial charge in [0.05, 0.1) is 7.11 Å². The first kappa shape index (κ1) is 10.4. The summed E-state index contributed by atoms with van der Waals surface area (Å²) in [4.78, 5) is 0. The van der Waals surface area contributed by atoms with E-state index in [4.69, 9.17) is 5.73 Å². The zero-order valence-corrected chi connectivity index (χ0v) is 8.33. The fraction of sp³-hybridized carbons (Fsp3) is 0.100. The van der Waals surface area contributed by atoms with Crippen LogP contribution in [0, 0.1) is 11.6 Å². The van der Waals surface area contributed by atoms with Gasteiger partial charge in [-0.1, -0.05) is 5.16 Å². The second-order valence-electron chi connectivity index (χ2n) is 3.09. The summed E-state index contributed by atoms with van der Waals surface area (Å²) in [5.74, 6) is -1.97. The van der Waals surface area contributed by atoms with Gasteiger partial charge in [-0.3, -0.25) is 0 Å². The van der Waals surface area contributed by atoms with E-state index in [0.29, 0.717) is 0 Å². The van der Waals surface area contributed by atoms with Gasteiger partial charge in [-0.25, -0.2) is 8.78 Å². The molecule has 2 rings (SSSR count). The lowest BCUT2D eigenvalue weighted by atomic mass is 10.1. The number of hydrogen-bond donors (Lipinski definition) is 1. The number of aromatic nitrogens is 1. The molecular formula is C10H8F2N2O2. The highest BCUT2D eigenvalue weighted by Crippen LogP contribution is 2.28. The molecule has 84 valence electrons. The molecule has 0 spiro atoms. The van der Waals surface area contributed by atoms with Crippen LogP contribution in [0.2, 0.25) is 0 Å². The number of benzene rings is 1. The average molecular weight is 226 g/mol. The Bertz CT molecular complexity index is 502. The summed E-state index contributed by atoms with van der Waals surface area (Å²) in [5, 5.41) is 3.55. The van der Waals surface area contributed by atoms with Crippen molar-refractivity contribution in [2.75, 3.05) is 12.8 Å². The Morgan fingerprint density at radius 1 is 1.25 bits per heavy atom. The highest BCUT2D eigenvalue weighted by atomic mass is 19.1. The number of nitrogen functional groups attached to an aromatic ring is 1. The van der Waals surface area contributed by atoms with Crippen molar-refractivity contribution in [2.24, 2.45) is 0 Å². The molecule has 0 saturated heterocycles. The van der Waals surface area contributed by atoms with Crippen LogP contribution in [0.1, 0.15) is 0 Å². The summed E-state index contributed by atoms with van der Waals surface area (Å²) in [6.07, 6.45) is 0. The van der Waals surface area contributed by atoms with Gasteiger partial charge in [0.1, 0.15) is 5.69 Å². The summed E-state index contributed by atoms with van der Waals surface area (Å²) < 4.78 is 35.9. The van der Waals surface area contributed by atoms with E-state index < -0.39 is 17.4 Å². The van der Waals surface area contributed by atoms with Crippen molar-refractivity contribution in [3.63, 3.8) is 0 Å². The van der Waals surface area contributed by atoms with Crippen LogP contribution in [-0.2, 0) is 0 Å². The molecule has 2 aromatic rings. The number of anilines is 1. The molecule has 16 heavy (non-hydrogen) atoms. The summed E-state index contributed by atoms with van der Waals surface area (Å²) in [6.45, 7) is 0. The highest BCUT2D eigenvalue weighted by Gasteiger charge is 2.14. The molecule has 0 fully saturated rings. The standard InChI is InChI=1S/C10H8F2N2O2/c1-15-10-6(11)2-5(3-7(10)12)8-4-9(13)16-14-8/h2-4H,13H2,1H3. The van der Waals surface area contributed by atoms with Gasteiger partial charge in [-0.05, 0) is 12.1 Å². The Labute approximate surface area is 89.6 Å². The summed E-state index contributed by atoms with van der Waals surface area (Å²) >= 11 is 0. The minimum absolute atomic E-state index is 0.0756. The van der Waals surface area contributed by atoms with Crippen LogP contribution in [0.15, 0.2) is 22.7 Å². The van der Waals surface area contributed by atoms with Crippen LogP contribution in [-0.4, -0.2) is 12.3 Å². The average Bonchev–Trinajstić information content (AvgIpc) is 2.64. The molecule has 0 aliphatic carbocycles. The van der Waals surface area contributed by atoms with Gasteiger partial charge < -0.3 is 15.0 Å². The summed E-state index contributed by atoms with van der Waals surface area (Å²) in [5.41, 5.74) is 5.80. The molecule has 0 bridgehead atoms. The molecule has 1 aromatic carbocycles. The second-order valence-corrected chi connectivity index (χ2v) is 3.09. The summed E-state index contributed by atoms with van der Waals surface area (Å²) in [6, 6.07) is 3.57. The fourth-order valence-corrected chi connectivity index (χ4v) is 1.33. The predicted octanol–water partition coefficient (Wildman–Crippen LogP) is 2.21. The third-order valence-corrected chi connectivity index (χ3v) is 2.03. The third-order valence-electron chi connectivity index (χ3n) is 2.03. The third kappa shape index (κ3) is 1.69. The van der Waals surface area contributed by atoms with Crippen molar-refractivity contribution in [1.29, 1.82) is 0 Å². The van der Waals surface area contributed by atoms with Crippen LogP contribution in [0.5, 0.6) is 5.75 Å². The number of hydrogen-bond acceptors (Lipinski definition) is 4. The van der Waals surface area contributed by atoms with E-state index in [1.54, 1.807) is 0 Å². The monoisotopic (exact) mass is 226 g/mol. The van der Waals surface area contributed by atoms with Gasteiger partial charge >= 0.3 is 0 Å². The molecule has 1 heterocycles. The zero-order chi connectivity index (χ0) is 11.7. The van der Waals surface area contributed by atoms with Crippen LogP contribution >= 0.6 is 0 Å². The first-order chi connectivity index (χ1) is 7.61. The molecule has 0 amide bonds. The first-order valence-corrected chi connectivity index (χ1v) is 4.37. The van der Waals surface area contributed by atoms with Gasteiger partial charge in [0.25, 0.3) is 0 Å². The second kappa shape index (κ2) is 3.80. The Morgan fingerprint density at radius 3 is 2.31 bits per heavy atom. The van der Waals surface area contributed by atoms with E-state index >= 15 is 0 Å². The van der Waals surface area contributed by atoms with Crippen molar-refractivity contribution in [3.05, 3.63) is 29.8 Å². The van der Waals surface area contributed by atoms with Crippen molar-refractivity contribution in [1.82, 2.24) is 5.16 Å². The Kier molecular flexibility index (Phi) is 2.47. The van der Waals surface area contributed by atoms with E-state index in [-0.39, 0.29) is 17.1 Å². The lowest BCUT2D eigenvalue weighted by Crippen LogP contribution is -1.93. The maximum atomic E-state index is 13.3. The van der Waals surface area contributed by atoms with Gasteiger partial charge in [0.15, 0.2) is 17.4 Å². The van der Waals surface area contributed by atoms with Gasteiger partial charge in [0.2, 0.25) is 5.88 Å². The zero-order valence-electron chi connectivity index (χ0n) is 8.33. The van der Waals surface area contributed by atoms with Crippen molar-refractivity contribution >= 4 is 5.88 Å². The Hall–Kier alpha value is -2.11. The topological polar surface area (TPSA) is 61.3 Å². The molecular weight excluding hydrogens is 218 g/mol. The highest BCUT2D eigenvalue weighted by molar-refractivity contribution is 5.62. The summed E-state index contributed by atoms with van der Waals surface area (Å²) in [7, 11) is 1.19. The fourth-order valence-electron chi connectivity index (χ4n) is 1.33. The van der Waals surface area contributed by atoms with E-state index in [1.807, 2.05) is 0 Å². The van der Waals surface area contributed by atoms with Crippen molar-refractivity contribution in [2.45, 2.75) is 0 Å². The molecule has 0 atom stereocenters. The molecule has 1 aromatic heterocycles. The van der Waals surface area contributed by atoms with Gasteiger partial charge in [-0.2, -0.15) is 0 Å². The number of nitrogens with zero attached hydrogens (tertiary/aromatic N) is 1. The normalized spacial score (nSPS) is 10.4. The Morgan fingerprint density at radius 2 is 1.88 bits per heavy atom. The first-order valence-electron chi connectivity index (χ1n) is 4.37. The number of nitrogens with two attached hydrogens (primary N) is 1. The van der Waals surface area contributed by atoms with E-state index in [1.165, 1.54) is 13.2 Å². The lowest BCUT2D eigenvalue weighted by molar-refractivity contribution is 0.360. The van der Waals surface area contributed by atoms with Gasteiger partial charge in [-0.15, -0.1) is 0 Å². The number of rotatable bonds is 2. The predicted molar refractivity (Wildman–Crippen MR) is 52.8 cm³/mol. The lowest BCUT2D eigenvalue weighted by Gasteiger charge is -2.04. The smallest absolute Gasteiger partial charge is 0.222 e. The molecule has 0 saturated carbocycles. The molecule has 0 aliphatic rings. The number of methoxy groups -OCH3 is 1. The van der Waals surface area contributed by atoms with Crippen molar-refractivity contribution in [3.8, 4) is 17.0 Å². The largest absolute Gasteiger partial charge is 0.491 e. The molecule has 0 unspecified atom stereocenters. The maximum Gasteiger partial charge on any atom is 0.222 e. The number of halogens is 2. The molecule has 6 heteroatoms. The van der Waals surface area contributed by atoms with Gasteiger partial charge in [0, 0.05) is 11.6 Å². The van der Waals surface area contributed by atoms with E-state index in [0.717, 1.165) is 12.1 Å². The molecule has 4 nitrogen and oxygen atoms in total. The van der Waals surface area contributed by atoms with E-state index in [9.17, 15) is 8.78 Å². The Balaban J connectivity index is 2.52. The minimum atomic E-state index is -0.806. The SMILES string of the molecule is COc1c(F)cc(-c2cc(N)on2)cc1F. The van der Waals surface area contributed by atoms with Crippen LogP contribution < -0.4 is 10.5 Å². The van der Waals surface area contributed by atoms with Crippen molar-refractivity contribution < 1.29 is 18.0 Å². The molecule has 0 aliphatic heterocycles. The van der Waals surface area contributed by atoms with Crippen LogP contribution in [0.4, 0.5) is 14.7 Å². The minimum Gasteiger partial charge on any atom is -0.491 e. The van der Waals surface area contributed by atoms with E-state index in [2.05, 4.69) is 14.4 Å². The quantitative estimate of drug-likeness (QED) is 0.852. The maximum absolute atomic E-state index is 13.3. The molecule has 2 N–H and O–H groups in total. The van der Waals surface area contributed by atoms with Crippen LogP contribution in [0.3, 0.4) is 0 Å².